The SMILES string of the molecule is COc1ccc(C2=CC(=C3N=C(c4cccs4)OC3=O)c3ccccc3O2)cc1OC. The summed E-state index contributed by atoms with van der Waals surface area (Å²) < 4.78 is 22.3. The highest BCUT2D eigenvalue weighted by Crippen LogP contribution is 2.41. The molecule has 0 aliphatic carbocycles. The average molecular weight is 431 g/mol. The van der Waals surface area contributed by atoms with Gasteiger partial charge in [-0.2, -0.15) is 0 Å². The van der Waals surface area contributed by atoms with E-state index in [1.165, 1.54) is 11.3 Å². The van der Waals surface area contributed by atoms with E-state index in [-0.39, 0.29) is 5.70 Å². The fraction of sp³-hybridized carbons (Fsp3) is 0.0833. The molecule has 2 aromatic carbocycles. The summed E-state index contributed by atoms with van der Waals surface area (Å²) in [5.74, 6) is 2.21. The normalized spacial score (nSPS) is 17.3. The molecular weight excluding hydrogens is 414 g/mol. The Hall–Kier alpha value is -3.84. The standard InChI is InChI=1S/C24H17NO5S/c1-27-18-10-9-14(12-20(18)28-2)19-13-16(15-6-3-4-7-17(15)29-19)22-24(26)30-23(25-22)21-8-5-11-31-21/h3-13H,1-2H3. The number of esters is 1. The number of thiophene rings is 1. The second-order valence-electron chi connectivity index (χ2n) is 6.72. The van der Waals surface area contributed by atoms with Crippen LogP contribution in [0.1, 0.15) is 16.0 Å². The molecule has 6 nitrogen and oxygen atoms in total. The highest BCUT2D eigenvalue weighted by atomic mass is 32.1. The molecule has 0 bridgehead atoms. The van der Waals surface area contributed by atoms with Gasteiger partial charge in [-0.05, 0) is 41.8 Å². The Morgan fingerprint density at radius 3 is 2.55 bits per heavy atom. The first kappa shape index (κ1) is 19.1. The van der Waals surface area contributed by atoms with E-state index in [4.69, 9.17) is 18.9 Å². The molecule has 3 aromatic rings. The molecule has 0 atom stereocenters. The van der Waals surface area contributed by atoms with Crippen molar-refractivity contribution >= 4 is 34.5 Å². The van der Waals surface area contributed by atoms with Crippen molar-refractivity contribution in [3.63, 3.8) is 0 Å². The average Bonchev–Trinajstić information content (AvgIpc) is 3.47. The van der Waals surface area contributed by atoms with E-state index in [9.17, 15) is 4.79 Å². The number of cyclic esters (lactones) is 1. The summed E-state index contributed by atoms with van der Waals surface area (Å²) in [6, 6.07) is 16.8. The zero-order chi connectivity index (χ0) is 21.4. The summed E-state index contributed by atoms with van der Waals surface area (Å²) in [6.07, 6.45) is 1.81. The van der Waals surface area contributed by atoms with Gasteiger partial charge in [-0.15, -0.1) is 11.3 Å². The van der Waals surface area contributed by atoms with Gasteiger partial charge in [0, 0.05) is 16.7 Å². The Balaban J connectivity index is 1.67. The molecule has 0 N–H and O–H groups in total. The summed E-state index contributed by atoms with van der Waals surface area (Å²) in [4.78, 5) is 18.0. The first-order valence-electron chi connectivity index (χ1n) is 9.48. The third kappa shape index (κ3) is 3.39. The molecule has 0 saturated heterocycles. The number of nitrogens with zero attached hydrogens (tertiary/aromatic N) is 1. The number of carbonyl (C=O) groups is 1. The first-order chi connectivity index (χ1) is 15.2. The number of para-hydroxylation sites is 1. The van der Waals surface area contributed by atoms with Crippen LogP contribution in [0.5, 0.6) is 17.2 Å². The molecule has 0 saturated carbocycles. The van der Waals surface area contributed by atoms with E-state index in [2.05, 4.69) is 4.99 Å². The van der Waals surface area contributed by atoms with E-state index >= 15 is 0 Å². The van der Waals surface area contributed by atoms with Crippen LogP contribution in [0.25, 0.3) is 11.3 Å². The second kappa shape index (κ2) is 7.77. The van der Waals surface area contributed by atoms with Crippen LogP contribution in [0.2, 0.25) is 0 Å². The van der Waals surface area contributed by atoms with Gasteiger partial charge in [-0.1, -0.05) is 24.3 Å². The van der Waals surface area contributed by atoms with E-state index in [1.807, 2.05) is 60.0 Å². The highest BCUT2D eigenvalue weighted by molar-refractivity contribution is 7.12. The van der Waals surface area contributed by atoms with Crippen LogP contribution in [0, 0.1) is 0 Å². The predicted molar refractivity (Wildman–Crippen MR) is 118 cm³/mol. The van der Waals surface area contributed by atoms with Gasteiger partial charge >= 0.3 is 5.97 Å². The number of methoxy groups -OCH3 is 2. The lowest BCUT2D eigenvalue weighted by molar-refractivity contribution is -0.129. The van der Waals surface area contributed by atoms with Crippen LogP contribution in [0.15, 0.2) is 76.7 Å². The van der Waals surface area contributed by atoms with Gasteiger partial charge in [0.15, 0.2) is 17.2 Å². The number of aliphatic imine (C=N–C) groups is 1. The van der Waals surface area contributed by atoms with Crippen molar-refractivity contribution in [1.82, 2.24) is 0 Å². The van der Waals surface area contributed by atoms with Crippen molar-refractivity contribution < 1.29 is 23.7 Å². The number of hydrogen-bond donors (Lipinski definition) is 0. The number of fused-ring (bicyclic) bond motifs is 1. The summed E-state index contributed by atoms with van der Waals surface area (Å²) in [6.45, 7) is 0. The Labute approximate surface area is 182 Å². The minimum absolute atomic E-state index is 0.247. The molecule has 154 valence electrons. The minimum atomic E-state index is -0.488. The van der Waals surface area contributed by atoms with Crippen molar-refractivity contribution in [1.29, 1.82) is 0 Å². The van der Waals surface area contributed by atoms with E-state index in [0.717, 1.165) is 16.0 Å². The maximum atomic E-state index is 12.7. The first-order valence-corrected chi connectivity index (χ1v) is 10.4. The van der Waals surface area contributed by atoms with E-state index in [0.29, 0.717) is 34.5 Å². The van der Waals surface area contributed by atoms with Gasteiger partial charge in [0.1, 0.15) is 11.5 Å². The van der Waals surface area contributed by atoms with Crippen molar-refractivity contribution in [2.45, 2.75) is 0 Å². The van der Waals surface area contributed by atoms with Crippen LogP contribution in [0.4, 0.5) is 0 Å². The molecule has 0 radical (unpaired) electrons. The quantitative estimate of drug-likeness (QED) is 0.434. The Kier molecular flexibility index (Phi) is 4.80. The number of benzene rings is 2. The smallest absolute Gasteiger partial charge is 0.364 e. The maximum Gasteiger partial charge on any atom is 0.364 e. The Morgan fingerprint density at radius 2 is 1.77 bits per heavy atom. The van der Waals surface area contributed by atoms with E-state index in [1.54, 1.807) is 20.3 Å². The third-order valence-electron chi connectivity index (χ3n) is 4.92. The van der Waals surface area contributed by atoms with Crippen molar-refractivity contribution in [2.24, 2.45) is 4.99 Å². The Bertz CT molecular complexity index is 1270. The molecule has 0 unspecified atom stereocenters. The lowest BCUT2D eigenvalue weighted by Gasteiger charge is -2.21. The van der Waals surface area contributed by atoms with Gasteiger partial charge in [0.05, 0.1) is 19.1 Å². The van der Waals surface area contributed by atoms with Crippen LogP contribution in [-0.4, -0.2) is 26.1 Å². The molecule has 5 rings (SSSR count). The van der Waals surface area contributed by atoms with Gasteiger partial charge in [-0.25, -0.2) is 9.79 Å². The third-order valence-corrected chi connectivity index (χ3v) is 5.78. The molecule has 2 aliphatic rings. The molecular formula is C24H17NO5S. The molecule has 3 heterocycles. The summed E-state index contributed by atoms with van der Waals surface area (Å²) in [5, 5.41) is 1.91. The van der Waals surface area contributed by atoms with Gasteiger partial charge in [0.25, 0.3) is 0 Å². The van der Waals surface area contributed by atoms with Crippen molar-refractivity contribution in [3.05, 3.63) is 87.8 Å². The van der Waals surface area contributed by atoms with Gasteiger partial charge in [-0.3, -0.25) is 0 Å². The number of allylic oxidation sites excluding steroid dienone is 2. The van der Waals surface area contributed by atoms with Gasteiger partial charge < -0.3 is 18.9 Å². The largest absolute Gasteiger partial charge is 0.493 e. The molecule has 0 fully saturated rings. The fourth-order valence-corrected chi connectivity index (χ4v) is 4.09. The van der Waals surface area contributed by atoms with Crippen LogP contribution in [0.3, 0.4) is 0 Å². The predicted octanol–water partition coefficient (Wildman–Crippen LogP) is 4.91. The van der Waals surface area contributed by atoms with Crippen LogP contribution in [-0.2, 0) is 9.53 Å². The van der Waals surface area contributed by atoms with E-state index < -0.39 is 5.97 Å². The molecule has 0 spiro atoms. The Morgan fingerprint density at radius 1 is 0.935 bits per heavy atom. The summed E-state index contributed by atoms with van der Waals surface area (Å²) in [7, 11) is 3.16. The second-order valence-corrected chi connectivity index (χ2v) is 7.67. The molecule has 0 amide bonds. The maximum absolute atomic E-state index is 12.7. The van der Waals surface area contributed by atoms with Crippen molar-refractivity contribution in [3.8, 4) is 17.2 Å². The topological polar surface area (TPSA) is 66.4 Å². The lowest BCUT2D eigenvalue weighted by Crippen LogP contribution is -2.08. The van der Waals surface area contributed by atoms with Crippen LogP contribution >= 0.6 is 11.3 Å². The number of hydrogen-bond acceptors (Lipinski definition) is 7. The molecule has 7 heteroatoms. The highest BCUT2D eigenvalue weighted by Gasteiger charge is 2.31. The fourth-order valence-electron chi connectivity index (χ4n) is 3.44. The number of rotatable bonds is 4. The number of carbonyl (C=O) groups excluding carboxylic acids is 1. The summed E-state index contributed by atoms with van der Waals surface area (Å²) >= 11 is 1.47. The number of ether oxygens (including phenoxy) is 4. The van der Waals surface area contributed by atoms with Crippen molar-refractivity contribution in [2.75, 3.05) is 14.2 Å². The molecule has 2 aliphatic heterocycles. The summed E-state index contributed by atoms with van der Waals surface area (Å²) in [5.41, 5.74) is 2.44. The zero-order valence-corrected chi connectivity index (χ0v) is 17.6. The van der Waals surface area contributed by atoms with Crippen LogP contribution < -0.4 is 14.2 Å². The zero-order valence-electron chi connectivity index (χ0n) is 16.7. The monoisotopic (exact) mass is 431 g/mol. The van der Waals surface area contributed by atoms with Gasteiger partial charge in [0.2, 0.25) is 5.90 Å². The molecule has 1 aromatic heterocycles. The minimum Gasteiger partial charge on any atom is -0.493 e. The lowest BCUT2D eigenvalue weighted by atomic mass is 9.97. The molecule has 31 heavy (non-hydrogen) atoms.